The van der Waals surface area contributed by atoms with Gasteiger partial charge in [0.1, 0.15) is 5.75 Å². The summed E-state index contributed by atoms with van der Waals surface area (Å²) in [4.78, 5) is 5.92. The van der Waals surface area contributed by atoms with Gasteiger partial charge in [-0.25, -0.2) is 8.42 Å². The lowest BCUT2D eigenvalue weighted by Gasteiger charge is -2.12. The van der Waals surface area contributed by atoms with Gasteiger partial charge in [-0.2, -0.15) is 10.1 Å². The third-order valence-corrected chi connectivity index (χ3v) is 4.10. The number of sulfone groups is 1. The van der Waals surface area contributed by atoms with E-state index < -0.39 is 9.84 Å². The molecule has 2 aromatic heterocycles. The fourth-order valence-electron chi connectivity index (χ4n) is 2.20. The maximum atomic E-state index is 11.2. The molecular formula is C15H17N5O3S. The van der Waals surface area contributed by atoms with Crippen molar-refractivity contribution in [3.63, 3.8) is 0 Å². The van der Waals surface area contributed by atoms with Gasteiger partial charge in [0.15, 0.2) is 21.5 Å². The Morgan fingerprint density at radius 2 is 2.00 bits per heavy atom. The van der Waals surface area contributed by atoms with Crippen molar-refractivity contribution in [3.8, 4) is 11.3 Å². The molecule has 9 heteroatoms. The number of aromatic nitrogens is 4. The van der Waals surface area contributed by atoms with Crippen molar-refractivity contribution in [1.29, 1.82) is 0 Å². The zero-order valence-electron chi connectivity index (χ0n) is 13.3. The van der Waals surface area contributed by atoms with E-state index in [0.29, 0.717) is 12.4 Å². The number of nitrogens with zero attached hydrogens (tertiary/aromatic N) is 4. The van der Waals surface area contributed by atoms with Crippen molar-refractivity contribution in [1.82, 2.24) is 20.3 Å². The first-order valence-electron chi connectivity index (χ1n) is 7.22. The van der Waals surface area contributed by atoms with E-state index in [-0.39, 0.29) is 11.6 Å². The highest BCUT2D eigenvalue weighted by Gasteiger charge is 2.15. The highest BCUT2D eigenvalue weighted by Crippen LogP contribution is 2.21. The Morgan fingerprint density at radius 1 is 1.25 bits per heavy atom. The number of benzene rings is 1. The highest BCUT2D eigenvalue weighted by molar-refractivity contribution is 7.89. The molecule has 3 rings (SSSR count). The summed E-state index contributed by atoms with van der Waals surface area (Å²) in [5.41, 5.74) is 1.94. The molecule has 0 spiro atoms. The predicted molar refractivity (Wildman–Crippen MR) is 89.0 cm³/mol. The smallest absolute Gasteiger partial charge is 0.246 e. The van der Waals surface area contributed by atoms with E-state index in [0.717, 1.165) is 23.3 Å². The number of hydrogen-bond donors (Lipinski definition) is 1. The maximum Gasteiger partial charge on any atom is 0.246 e. The summed E-state index contributed by atoms with van der Waals surface area (Å²) in [6.07, 6.45) is 1.13. The van der Waals surface area contributed by atoms with Gasteiger partial charge >= 0.3 is 0 Å². The van der Waals surface area contributed by atoms with Crippen LogP contribution in [0, 0.1) is 0 Å². The van der Waals surface area contributed by atoms with Gasteiger partial charge in [0.25, 0.3) is 0 Å². The van der Waals surface area contributed by atoms with Crippen molar-refractivity contribution in [2.24, 2.45) is 0 Å². The minimum Gasteiger partial charge on any atom is -0.349 e. The second-order valence-corrected chi connectivity index (χ2v) is 7.68. The predicted octanol–water partition coefficient (Wildman–Crippen LogP) is 1.64. The van der Waals surface area contributed by atoms with Crippen molar-refractivity contribution >= 4 is 15.7 Å². The zero-order chi connectivity index (χ0) is 17.2. The van der Waals surface area contributed by atoms with Gasteiger partial charge in [-0.1, -0.05) is 35.5 Å². The second kappa shape index (κ2) is 6.44. The van der Waals surface area contributed by atoms with Crippen LogP contribution in [0.3, 0.4) is 0 Å². The molecule has 3 aromatic rings. The average molecular weight is 347 g/mol. The number of rotatable bonds is 6. The largest absolute Gasteiger partial charge is 0.349 e. The van der Waals surface area contributed by atoms with Crippen molar-refractivity contribution < 1.29 is 12.9 Å². The van der Waals surface area contributed by atoms with Crippen LogP contribution in [-0.2, 0) is 22.1 Å². The fourth-order valence-corrected chi connectivity index (χ4v) is 2.79. The van der Waals surface area contributed by atoms with Gasteiger partial charge in [0, 0.05) is 19.4 Å². The summed E-state index contributed by atoms with van der Waals surface area (Å²) in [6, 6.07) is 11.8. The maximum absolute atomic E-state index is 11.2. The Kier molecular flexibility index (Phi) is 4.34. The third kappa shape index (κ3) is 3.99. The second-order valence-electron chi connectivity index (χ2n) is 5.54. The first-order chi connectivity index (χ1) is 11.4. The van der Waals surface area contributed by atoms with E-state index in [9.17, 15) is 8.42 Å². The van der Waals surface area contributed by atoms with Crippen molar-refractivity contribution in [2.45, 2.75) is 12.3 Å². The van der Waals surface area contributed by atoms with Gasteiger partial charge in [-0.3, -0.25) is 5.10 Å². The Labute approximate surface area is 139 Å². The third-order valence-electron chi connectivity index (χ3n) is 3.31. The molecule has 0 aliphatic rings. The molecule has 126 valence electrons. The molecule has 0 fully saturated rings. The minimum atomic E-state index is -3.19. The molecule has 0 radical (unpaired) electrons. The molecule has 0 unspecified atom stereocenters. The number of hydrogen-bond acceptors (Lipinski definition) is 7. The molecule has 0 aliphatic carbocycles. The lowest BCUT2D eigenvalue weighted by molar-refractivity contribution is 0.373. The summed E-state index contributed by atoms with van der Waals surface area (Å²) < 4.78 is 27.6. The first kappa shape index (κ1) is 16.2. The Morgan fingerprint density at radius 3 is 2.71 bits per heavy atom. The molecule has 0 aliphatic heterocycles. The Hall–Kier alpha value is -2.68. The monoisotopic (exact) mass is 347 g/mol. The quantitative estimate of drug-likeness (QED) is 0.722. The van der Waals surface area contributed by atoms with Crippen LogP contribution in [0.15, 0.2) is 40.9 Å². The number of anilines is 1. The van der Waals surface area contributed by atoms with Crippen LogP contribution in [0.5, 0.6) is 0 Å². The van der Waals surface area contributed by atoms with Crippen molar-refractivity contribution in [3.05, 3.63) is 48.1 Å². The minimum absolute atomic E-state index is 0.160. The molecule has 24 heavy (non-hydrogen) atoms. The molecule has 2 heterocycles. The van der Waals surface area contributed by atoms with E-state index in [1.54, 1.807) is 0 Å². The molecule has 1 aromatic carbocycles. The van der Waals surface area contributed by atoms with E-state index in [2.05, 4.69) is 20.3 Å². The molecule has 0 atom stereocenters. The normalized spacial score (nSPS) is 11.6. The zero-order valence-corrected chi connectivity index (χ0v) is 14.1. The lowest BCUT2D eigenvalue weighted by Crippen LogP contribution is -2.17. The van der Waals surface area contributed by atoms with Crippen LogP contribution in [0.4, 0.5) is 5.82 Å². The topological polar surface area (TPSA) is 105 Å². The molecule has 8 nitrogen and oxygen atoms in total. The molecule has 0 saturated heterocycles. The van der Waals surface area contributed by atoms with E-state index in [1.807, 2.05) is 48.3 Å². The van der Waals surface area contributed by atoms with Crippen LogP contribution in [0.25, 0.3) is 11.3 Å². The van der Waals surface area contributed by atoms with Crippen LogP contribution in [0.1, 0.15) is 11.7 Å². The lowest BCUT2D eigenvalue weighted by atomic mass is 10.1. The van der Waals surface area contributed by atoms with Crippen LogP contribution < -0.4 is 4.90 Å². The number of H-pyrrole nitrogens is 1. The molecule has 0 bridgehead atoms. The average Bonchev–Trinajstić information content (AvgIpc) is 3.16. The first-order valence-corrected chi connectivity index (χ1v) is 9.28. The molecule has 0 amide bonds. The van der Waals surface area contributed by atoms with Crippen LogP contribution in [0.2, 0.25) is 0 Å². The summed E-state index contributed by atoms with van der Waals surface area (Å²) >= 11 is 0. The summed E-state index contributed by atoms with van der Waals surface area (Å²) in [5, 5.41) is 10.9. The molecular weight excluding hydrogens is 330 g/mol. The number of nitrogens with one attached hydrogen (secondary N) is 1. The van der Waals surface area contributed by atoms with Gasteiger partial charge in [-0.05, 0) is 5.56 Å². The van der Waals surface area contributed by atoms with Crippen molar-refractivity contribution in [2.75, 3.05) is 18.2 Å². The van der Waals surface area contributed by atoms with Crippen LogP contribution >= 0.6 is 0 Å². The van der Waals surface area contributed by atoms with E-state index >= 15 is 0 Å². The van der Waals surface area contributed by atoms with Gasteiger partial charge < -0.3 is 9.42 Å². The fraction of sp³-hybridized carbons (Fsp3) is 0.267. The van der Waals surface area contributed by atoms with Gasteiger partial charge in [-0.15, -0.1) is 0 Å². The van der Waals surface area contributed by atoms with Crippen LogP contribution in [-0.4, -0.2) is 42.1 Å². The van der Waals surface area contributed by atoms with E-state index in [1.165, 1.54) is 0 Å². The SMILES string of the molecule is CN(Cc1nc(CS(C)(=O)=O)no1)c1cc(-c2ccccc2)[nH]n1. The highest BCUT2D eigenvalue weighted by atomic mass is 32.2. The summed E-state index contributed by atoms with van der Waals surface area (Å²) in [6.45, 7) is 0.329. The standard InChI is InChI=1S/C15H17N5O3S/c1-20(9-15-16-13(19-23-15)10-24(2,21)22)14-8-12(17-18-14)11-6-4-3-5-7-11/h3-8H,9-10H2,1-2H3,(H,17,18). The molecule has 1 N–H and O–H groups in total. The number of aromatic amines is 1. The Balaban J connectivity index is 1.69. The molecule has 0 saturated carbocycles. The Bertz CT molecular complexity index is 918. The van der Waals surface area contributed by atoms with Gasteiger partial charge in [0.05, 0.1) is 12.2 Å². The van der Waals surface area contributed by atoms with Gasteiger partial charge in [0.2, 0.25) is 5.89 Å². The summed E-state index contributed by atoms with van der Waals surface area (Å²) in [5.74, 6) is 0.978. The summed E-state index contributed by atoms with van der Waals surface area (Å²) in [7, 11) is -1.35. The van der Waals surface area contributed by atoms with E-state index in [4.69, 9.17) is 4.52 Å².